The highest BCUT2D eigenvalue weighted by Crippen LogP contribution is 2.21. The Morgan fingerprint density at radius 3 is 1.81 bits per heavy atom. The van der Waals surface area contributed by atoms with Gasteiger partial charge in [0.15, 0.2) is 0 Å². The van der Waals surface area contributed by atoms with Gasteiger partial charge in [0.05, 0.1) is 13.1 Å². The Morgan fingerprint density at radius 2 is 1.31 bits per heavy atom. The van der Waals surface area contributed by atoms with Gasteiger partial charge in [0, 0.05) is 24.5 Å². The zero-order chi connectivity index (χ0) is 23.1. The summed E-state index contributed by atoms with van der Waals surface area (Å²) in [5, 5.41) is 2.71. The molecule has 0 aliphatic carbocycles. The van der Waals surface area contributed by atoms with Gasteiger partial charge in [0.25, 0.3) is 0 Å². The molecule has 0 spiro atoms. The van der Waals surface area contributed by atoms with E-state index in [-0.39, 0.29) is 13.1 Å². The van der Waals surface area contributed by atoms with E-state index in [2.05, 4.69) is 23.4 Å². The molecule has 0 saturated carbocycles. The molecule has 170 valence electrons. The molecule has 0 unspecified atom stereocenters. The number of aromatic nitrogens is 3. The molecule has 3 rings (SSSR count). The van der Waals surface area contributed by atoms with Crippen LogP contribution in [0.1, 0.15) is 25.7 Å². The third-order valence-corrected chi connectivity index (χ3v) is 5.43. The summed E-state index contributed by atoms with van der Waals surface area (Å²) >= 11 is 0. The molecule has 9 heteroatoms. The van der Waals surface area contributed by atoms with Crippen LogP contribution in [0, 0.1) is 0 Å². The first-order chi connectivity index (χ1) is 15.5. The number of hydrogen-bond acceptors (Lipinski definition) is 5. The second-order valence-corrected chi connectivity index (χ2v) is 7.73. The molecule has 0 bridgehead atoms. The predicted octanol–water partition coefficient (Wildman–Crippen LogP) is 1.56. The van der Waals surface area contributed by atoms with Crippen molar-refractivity contribution in [3.63, 3.8) is 0 Å². The number of carbonyl (C=O) groups excluding carboxylic acids is 1. The van der Waals surface area contributed by atoms with E-state index in [0.29, 0.717) is 5.69 Å². The Bertz CT molecular complexity index is 1100. The topological polar surface area (TPSA) is 98.3 Å². The lowest BCUT2D eigenvalue weighted by Crippen LogP contribution is -2.55. The number of benzene rings is 1. The van der Waals surface area contributed by atoms with Gasteiger partial charge in [-0.25, -0.2) is 28.1 Å². The quantitative estimate of drug-likeness (QED) is 0.630. The highest BCUT2D eigenvalue weighted by atomic mass is 16.2. The zero-order valence-electron chi connectivity index (χ0n) is 18.2. The minimum atomic E-state index is -0.855. The van der Waals surface area contributed by atoms with Crippen LogP contribution in [0.2, 0.25) is 0 Å². The monoisotopic (exact) mass is 439 g/mol. The van der Waals surface area contributed by atoms with Crippen molar-refractivity contribution in [2.45, 2.75) is 45.3 Å². The van der Waals surface area contributed by atoms with Gasteiger partial charge in [-0.15, -0.1) is 13.2 Å². The van der Waals surface area contributed by atoms with E-state index in [1.807, 2.05) is 12.1 Å². The highest BCUT2D eigenvalue weighted by molar-refractivity contribution is 5.90. The van der Waals surface area contributed by atoms with E-state index >= 15 is 0 Å². The van der Waals surface area contributed by atoms with E-state index in [4.69, 9.17) is 0 Å². The number of nitrogens with one attached hydrogen (secondary N) is 1. The van der Waals surface area contributed by atoms with Crippen molar-refractivity contribution in [3.05, 3.63) is 81.0 Å². The number of anilines is 2. The maximum Gasteiger partial charge on any atom is 0.337 e. The predicted molar refractivity (Wildman–Crippen MR) is 125 cm³/mol. The van der Waals surface area contributed by atoms with Crippen LogP contribution < -0.4 is 27.3 Å². The first-order valence-corrected chi connectivity index (χ1v) is 10.8. The summed E-state index contributed by atoms with van der Waals surface area (Å²) in [6.45, 7) is 8.44. The third-order valence-electron chi connectivity index (χ3n) is 5.43. The van der Waals surface area contributed by atoms with Crippen LogP contribution in [-0.4, -0.2) is 32.7 Å². The fraction of sp³-hybridized carbons (Fsp3) is 0.391. The number of rotatable bonds is 8. The average molecular weight is 440 g/mol. The van der Waals surface area contributed by atoms with Crippen molar-refractivity contribution in [2.75, 3.05) is 23.3 Å². The first kappa shape index (κ1) is 23.1. The van der Waals surface area contributed by atoms with E-state index < -0.39 is 29.5 Å². The summed E-state index contributed by atoms with van der Waals surface area (Å²) < 4.78 is 2.47. The van der Waals surface area contributed by atoms with Crippen molar-refractivity contribution < 1.29 is 4.79 Å². The van der Waals surface area contributed by atoms with Crippen LogP contribution in [0.25, 0.3) is 0 Å². The van der Waals surface area contributed by atoms with Gasteiger partial charge >= 0.3 is 17.1 Å². The van der Waals surface area contributed by atoms with E-state index in [9.17, 15) is 19.2 Å². The Labute approximate surface area is 185 Å². The molecular formula is C23H29N5O4. The number of allylic oxidation sites excluding steroid dienone is 2. The second-order valence-electron chi connectivity index (χ2n) is 7.73. The fourth-order valence-electron chi connectivity index (χ4n) is 3.82. The van der Waals surface area contributed by atoms with Crippen LogP contribution in [0.15, 0.2) is 64.0 Å². The summed E-state index contributed by atoms with van der Waals surface area (Å²) in [7, 11) is 0. The van der Waals surface area contributed by atoms with Gasteiger partial charge in [-0.3, -0.25) is 4.79 Å². The van der Waals surface area contributed by atoms with Crippen LogP contribution in [0.4, 0.5) is 11.4 Å². The molecule has 1 amide bonds. The Hall–Kier alpha value is -3.62. The summed E-state index contributed by atoms with van der Waals surface area (Å²) in [4.78, 5) is 52.6. The van der Waals surface area contributed by atoms with E-state index in [0.717, 1.165) is 32.5 Å². The lowest BCUT2D eigenvalue weighted by Gasteiger charge is -2.22. The highest BCUT2D eigenvalue weighted by Gasteiger charge is 2.17. The van der Waals surface area contributed by atoms with Crippen molar-refractivity contribution in [3.8, 4) is 0 Å². The van der Waals surface area contributed by atoms with Crippen LogP contribution >= 0.6 is 0 Å². The van der Waals surface area contributed by atoms with Crippen LogP contribution in [0.5, 0.6) is 0 Å². The molecule has 0 radical (unpaired) electrons. The molecular weight excluding hydrogens is 410 g/mol. The molecule has 1 aliphatic rings. The fourth-order valence-corrected chi connectivity index (χ4v) is 3.82. The van der Waals surface area contributed by atoms with Gasteiger partial charge in [-0.1, -0.05) is 25.0 Å². The van der Waals surface area contributed by atoms with Gasteiger partial charge < -0.3 is 10.2 Å². The second kappa shape index (κ2) is 10.6. The Kier molecular flexibility index (Phi) is 7.64. The summed E-state index contributed by atoms with van der Waals surface area (Å²) in [6.07, 6.45) is 7.59. The number of nitrogens with zero attached hydrogens (tertiary/aromatic N) is 4. The Balaban J connectivity index is 1.79. The van der Waals surface area contributed by atoms with Gasteiger partial charge in [-0.2, -0.15) is 0 Å². The maximum atomic E-state index is 12.6. The summed E-state index contributed by atoms with van der Waals surface area (Å²) in [5.41, 5.74) is -0.809. The molecule has 1 aliphatic heterocycles. The normalized spacial score (nSPS) is 13.9. The summed E-state index contributed by atoms with van der Waals surface area (Å²) in [5.74, 6) is -0.541. The molecule has 0 atom stereocenters. The molecule has 1 fully saturated rings. The molecule has 9 nitrogen and oxygen atoms in total. The van der Waals surface area contributed by atoms with Gasteiger partial charge in [0.1, 0.15) is 6.54 Å². The largest absolute Gasteiger partial charge is 0.372 e. The maximum absolute atomic E-state index is 12.6. The number of carbonyl (C=O) groups is 1. The van der Waals surface area contributed by atoms with Crippen molar-refractivity contribution in [2.24, 2.45) is 0 Å². The lowest BCUT2D eigenvalue weighted by molar-refractivity contribution is -0.116. The van der Waals surface area contributed by atoms with Gasteiger partial charge in [0.2, 0.25) is 5.91 Å². The van der Waals surface area contributed by atoms with Crippen molar-refractivity contribution >= 4 is 17.3 Å². The molecule has 1 saturated heterocycles. The molecule has 2 heterocycles. The third kappa shape index (κ3) is 5.16. The van der Waals surface area contributed by atoms with Crippen LogP contribution in [-0.2, 0) is 24.4 Å². The summed E-state index contributed by atoms with van der Waals surface area (Å²) in [6, 6.07) is 7.51. The van der Waals surface area contributed by atoms with Gasteiger partial charge in [-0.05, 0) is 37.1 Å². The van der Waals surface area contributed by atoms with Crippen molar-refractivity contribution in [1.82, 2.24) is 13.7 Å². The Morgan fingerprint density at radius 1 is 0.812 bits per heavy atom. The van der Waals surface area contributed by atoms with Crippen LogP contribution in [0.3, 0.4) is 0 Å². The number of hydrogen-bond donors (Lipinski definition) is 1. The molecule has 2 aromatic rings. The molecule has 1 N–H and O–H groups in total. The zero-order valence-corrected chi connectivity index (χ0v) is 18.2. The molecule has 1 aromatic carbocycles. The number of amides is 1. The van der Waals surface area contributed by atoms with Crippen molar-refractivity contribution in [1.29, 1.82) is 0 Å². The van der Waals surface area contributed by atoms with E-state index in [1.54, 1.807) is 12.1 Å². The standard InChI is InChI=1S/C23H29N5O4/c1-3-13-26-21(30)27(14-4-2)23(32)28(22(26)31)17-20(29)24-18-9-11-19(12-10-18)25-15-7-5-6-8-16-25/h3-4,9-12H,1-2,5-8,13-17H2,(H,24,29). The minimum Gasteiger partial charge on any atom is -0.372 e. The average Bonchev–Trinajstić information content (AvgIpc) is 3.07. The first-order valence-electron chi connectivity index (χ1n) is 10.8. The SMILES string of the molecule is C=CCn1c(=O)n(CC=C)c(=O)n(CC(=O)Nc2ccc(N3CCCCCC3)cc2)c1=O. The molecule has 1 aromatic heterocycles. The minimum absolute atomic E-state index is 0.0747. The van der Waals surface area contributed by atoms with E-state index in [1.165, 1.54) is 37.8 Å². The smallest absolute Gasteiger partial charge is 0.337 e. The lowest BCUT2D eigenvalue weighted by atomic mass is 10.2. The molecule has 32 heavy (non-hydrogen) atoms.